The summed E-state index contributed by atoms with van der Waals surface area (Å²) in [5.74, 6) is 2.33. The molecule has 2 aromatic rings. The summed E-state index contributed by atoms with van der Waals surface area (Å²) in [6, 6.07) is 8.35. The van der Waals surface area contributed by atoms with Crippen LogP contribution in [0.15, 0.2) is 33.6 Å². The molecule has 0 bridgehead atoms. The van der Waals surface area contributed by atoms with Crippen molar-refractivity contribution < 1.29 is 0 Å². The third-order valence-electron chi connectivity index (χ3n) is 3.22. The lowest BCUT2D eigenvalue weighted by Gasteiger charge is -2.08. The SMILES string of the molecule is CCSc1ccc(-c2nc(Cl)c(Br)c(C3CC3)n2)cc1. The van der Waals surface area contributed by atoms with Crippen molar-refractivity contribution in [2.75, 3.05) is 5.75 Å². The van der Waals surface area contributed by atoms with Crippen molar-refractivity contribution in [3.05, 3.63) is 39.6 Å². The second kappa shape index (κ2) is 6.04. The van der Waals surface area contributed by atoms with E-state index in [0.717, 1.165) is 21.5 Å². The summed E-state index contributed by atoms with van der Waals surface area (Å²) in [5, 5.41) is 0.504. The van der Waals surface area contributed by atoms with Crippen LogP contribution in [0.25, 0.3) is 11.4 Å². The molecule has 1 aliphatic rings. The topological polar surface area (TPSA) is 25.8 Å². The maximum absolute atomic E-state index is 6.22. The van der Waals surface area contributed by atoms with E-state index >= 15 is 0 Å². The molecule has 20 heavy (non-hydrogen) atoms. The quantitative estimate of drug-likeness (QED) is 0.522. The fourth-order valence-electron chi connectivity index (χ4n) is 2.06. The molecular formula is C15H14BrClN2S. The van der Waals surface area contributed by atoms with Crippen LogP contribution in [0.5, 0.6) is 0 Å². The van der Waals surface area contributed by atoms with E-state index in [2.05, 4.69) is 52.1 Å². The van der Waals surface area contributed by atoms with Crippen molar-refractivity contribution in [2.24, 2.45) is 0 Å². The molecule has 1 aromatic heterocycles. The van der Waals surface area contributed by atoms with Crippen LogP contribution in [0.4, 0.5) is 0 Å². The maximum Gasteiger partial charge on any atom is 0.161 e. The summed E-state index contributed by atoms with van der Waals surface area (Å²) < 4.78 is 0.851. The molecule has 1 saturated carbocycles. The van der Waals surface area contributed by atoms with E-state index in [4.69, 9.17) is 16.6 Å². The number of aromatic nitrogens is 2. The normalized spacial score (nSPS) is 14.6. The molecule has 5 heteroatoms. The Labute approximate surface area is 136 Å². The lowest BCUT2D eigenvalue weighted by atomic mass is 10.2. The molecule has 1 heterocycles. The Kier molecular flexibility index (Phi) is 4.34. The second-order valence-corrected chi connectivity index (χ2v) is 7.26. The Morgan fingerprint density at radius 3 is 2.55 bits per heavy atom. The zero-order valence-corrected chi connectivity index (χ0v) is 14.2. The van der Waals surface area contributed by atoms with E-state index in [0.29, 0.717) is 16.9 Å². The number of halogens is 2. The fraction of sp³-hybridized carbons (Fsp3) is 0.333. The van der Waals surface area contributed by atoms with Gasteiger partial charge in [0.1, 0.15) is 5.15 Å². The summed E-state index contributed by atoms with van der Waals surface area (Å²) in [7, 11) is 0. The molecule has 0 aliphatic heterocycles. The van der Waals surface area contributed by atoms with Crippen molar-refractivity contribution in [2.45, 2.75) is 30.6 Å². The summed E-state index contributed by atoms with van der Waals surface area (Å²) in [6.45, 7) is 2.15. The van der Waals surface area contributed by atoms with Gasteiger partial charge in [-0.3, -0.25) is 0 Å². The highest BCUT2D eigenvalue weighted by Crippen LogP contribution is 2.44. The van der Waals surface area contributed by atoms with Crippen LogP contribution in [0.1, 0.15) is 31.4 Å². The molecule has 0 atom stereocenters. The third-order valence-corrected chi connectivity index (χ3v) is 5.40. The summed E-state index contributed by atoms with van der Waals surface area (Å²) >= 11 is 11.5. The molecule has 2 nitrogen and oxygen atoms in total. The Bertz CT molecular complexity index is 627. The van der Waals surface area contributed by atoms with Crippen LogP contribution in [-0.4, -0.2) is 15.7 Å². The van der Waals surface area contributed by atoms with E-state index in [1.54, 1.807) is 0 Å². The summed E-state index contributed by atoms with van der Waals surface area (Å²) in [5.41, 5.74) is 2.06. The zero-order chi connectivity index (χ0) is 14.1. The predicted octanol–water partition coefficient (Wildman–Crippen LogP) is 5.55. The molecular weight excluding hydrogens is 356 g/mol. The van der Waals surface area contributed by atoms with Gasteiger partial charge in [0.15, 0.2) is 5.82 Å². The molecule has 0 radical (unpaired) electrons. The molecule has 3 rings (SSSR count). The van der Waals surface area contributed by atoms with Gasteiger partial charge in [-0.1, -0.05) is 30.7 Å². The van der Waals surface area contributed by atoms with Crippen molar-refractivity contribution in [3.8, 4) is 11.4 Å². The van der Waals surface area contributed by atoms with Gasteiger partial charge in [0, 0.05) is 16.4 Å². The standard InChI is InChI=1S/C15H14BrClN2S/c1-2-20-11-7-5-10(6-8-11)15-18-13(9-3-4-9)12(16)14(17)19-15/h5-9H,2-4H2,1H3. The highest BCUT2D eigenvalue weighted by molar-refractivity contribution is 9.10. The zero-order valence-electron chi connectivity index (χ0n) is 11.1. The van der Waals surface area contributed by atoms with Gasteiger partial charge in [0.25, 0.3) is 0 Å². The van der Waals surface area contributed by atoms with Crippen molar-refractivity contribution >= 4 is 39.3 Å². The van der Waals surface area contributed by atoms with Crippen LogP contribution in [0, 0.1) is 0 Å². The minimum absolute atomic E-state index is 0.504. The fourth-order valence-corrected chi connectivity index (χ4v) is 3.40. The first-order valence-electron chi connectivity index (χ1n) is 6.65. The molecule has 104 valence electrons. The van der Waals surface area contributed by atoms with Gasteiger partial charge in [0.2, 0.25) is 0 Å². The molecule has 0 unspecified atom stereocenters. The number of hydrogen-bond acceptors (Lipinski definition) is 3. The van der Waals surface area contributed by atoms with Crippen LogP contribution in [0.3, 0.4) is 0 Å². The minimum atomic E-state index is 0.504. The van der Waals surface area contributed by atoms with Crippen LogP contribution >= 0.6 is 39.3 Å². The summed E-state index contributed by atoms with van der Waals surface area (Å²) in [4.78, 5) is 10.3. The van der Waals surface area contributed by atoms with Gasteiger partial charge in [-0.05, 0) is 46.7 Å². The molecule has 0 saturated heterocycles. The second-order valence-electron chi connectivity index (χ2n) is 4.77. The Balaban J connectivity index is 1.96. The maximum atomic E-state index is 6.22. The first kappa shape index (κ1) is 14.4. The van der Waals surface area contributed by atoms with Gasteiger partial charge < -0.3 is 0 Å². The predicted molar refractivity (Wildman–Crippen MR) is 88.6 cm³/mol. The number of hydrogen-bond donors (Lipinski definition) is 0. The van der Waals surface area contributed by atoms with Gasteiger partial charge in [-0.2, -0.15) is 0 Å². The first-order chi connectivity index (χ1) is 9.69. The van der Waals surface area contributed by atoms with E-state index in [1.165, 1.54) is 17.7 Å². The molecule has 0 N–H and O–H groups in total. The van der Waals surface area contributed by atoms with Crippen LogP contribution in [-0.2, 0) is 0 Å². The minimum Gasteiger partial charge on any atom is -0.231 e. The third kappa shape index (κ3) is 3.02. The van der Waals surface area contributed by atoms with E-state index < -0.39 is 0 Å². The van der Waals surface area contributed by atoms with Crippen LogP contribution < -0.4 is 0 Å². The van der Waals surface area contributed by atoms with E-state index in [-0.39, 0.29) is 0 Å². The smallest absolute Gasteiger partial charge is 0.161 e. The van der Waals surface area contributed by atoms with Gasteiger partial charge in [0.05, 0.1) is 10.2 Å². The van der Waals surface area contributed by atoms with Gasteiger partial charge >= 0.3 is 0 Å². The molecule has 1 aromatic carbocycles. The lowest BCUT2D eigenvalue weighted by molar-refractivity contribution is 0.979. The van der Waals surface area contributed by atoms with Crippen LogP contribution in [0.2, 0.25) is 5.15 Å². The Morgan fingerprint density at radius 2 is 1.95 bits per heavy atom. The highest BCUT2D eigenvalue weighted by atomic mass is 79.9. The van der Waals surface area contributed by atoms with E-state index in [9.17, 15) is 0 Å². The molecule has 1 aliphatic carbocycles. The van der Waals surface area contributed by atoms with Gasteiger partial charge in [-0.15, -0.1) is 11.8 Å². The lowest BCUT2D eigenvalue weighted by Crippen LogP contribution is -1.97. The summed E-state index contributed by atoms with van der Waals surface area (Å²) in [6.07, 6.45) is 2.38. The monoisotopic (exact) mass is 368 g/mol. The number of nitrogens with zero attached hydrogens (tertiary/aromatic N) is 2. The molecule has 1 fully saturated rings. The van der Waals surface area contributed by atoms with Crippen molar-refractivity contribution in [3.63, 3.8) is 0 Å². The van der Waals surface area contributed by atoms with Crippen molar-refractivity contribution in [1.82, 2.24) is 9.97 Å². The van der Waals surface area contributed by atoms with Gasteiger partial charge in [-0.25, -0.2) is 9.97 Å². The average molecular weight is 370 g/mol. The average Bonchev–Trinajstić information content (AvgIpc) is 3.27. The number of thioether (sulfide) groups is 1. The molecule has 0 spiro atoms. The molecule has 0 amide bonds. The largest absolute Gasteiger partial charge is 0.231 e. The Hall–Kier alpha value is -0.580. The van der Waals surface area contributed by atoms with E-state index in [1.807, 2.05) is 11.8 Å². The first-order valence-corrected chi connectivity index (χ1v) is 8.81. The Morgan fingerprint density at radius 1 is 1.25 bits per heavy atom. The number of benzene rings is 1. The number of rotatable bonds is 4. The van der Waals surface area contributed by atoms with Crippen molar-refractivity contribution in [1.29, 1.82) is 0 Å². The highest BCUT2D eigenvalue weighted by Gasteiger charge is 2.29.